The van der Waals surface area contributed by atoms with E-state index < -0.39 is 5.82 Å². The van der Waals surface area contributed by atoms with Gasteiger partial charge in [-0.25, -0.2) is 4.39 Å². The van der Waals surface area contributed by atoms with Crippen molar-refractivity contribution >= 4 is 11.6 Å². The smallest absolute Gasteiger partial charge is 0.142 e. The van der Waals surface area contributed by atoms with Gasteiger partial charge >= 0.3 is 0 Å². The highest BCUT2D eigenvalue weighted by Gasteiger charge is 2.03. The number of hydrogen-bond donors (Lipinski definition) is 1. The van der Waals surface area contributed by atoms with Gasteiger partial charge in [0.05, 0.1) is 23.9 Å². The van der Waals surface area contributed by atoms with Crippen LogP contribution in [0.4, 0.5) is 4.39 Å². The zero-order valence-electron chi connectivity index (χ0n) is 11.3. The summed E-state index contributed by atoms with van der Waals surface area (Å²) in [5.74, 6) is -0.405. The molecule has 1 heterocycles. The third kappa shape index (κ3) is 4.30. The lowest BCUT2D eigenvalue weighted by molar-refractivity contribution is 0.199. The van der Waals surface area contributed by atoms with Crippen molar-refractivity contribution in [2.45, 2.75) is 13.1 Å². The molecule has 2 aromatic rings. The molecule has 0 saturated carbocycles. The Hall–Kier alpha value is -1.43. The zero-order chi connectivity index (χ0) is 14.4. The van der Waals surface area contributed by atoms with Crippen molar-refractivity contribution in [1.29, 1.82) is 0 Å². The number of halogens is 2. The lowest BCUT2D eigenvalue weighted by Gasteiger charge is -2.04. The van der Waals surface area contributed by atoms with Crippen molar-refractivity contribution < 1.29 is 9.13 Å². The predicted molar refractivity (Wildman–Crippen MR) is 76.3 cm³/mol. The summed E-state index contributed by atoms with van der Waals surface area (Å²) in [6, 6.07) is 6.72. The summed E-state index contributed by atoms with van der Waals surface area (Å²) in [5, 5.41) is 7.77. The number of ether oxygens (including phenoxy) is 1. The summed E-state index contributed by atoms with van der Waals surface area (Å²) < 4.78 is 20.1. The fourth-order valence-corrected chi connectivity index (χ4v) is 1.92. The predicted octanol–water partition coefficient (Wildman–Crippen LogP) is 2.46. The second-order valence-corrected chi connectivity index (χ2v) is 4.83. The van der Waals surface area contributed by atoms with E-state index in [0.717, 1.165) is 17.8 Å². The van der Waals surface area contributed by atoms with Crippen molar-refractivity contribution in [3.05, 3.63) is 52.6 Å². The first-order chi connectivity index (χ1) is 9.69. The summed E-state index contributed by atoms with van der Waals surface area (Å²) in [5.41, 5.74) is 1.77. The highest BCUT2D eigenvalue weighted by molar-refractivity contribution is 6.30. The quantitative estimate of drug-likeness (QED) is 0.798. The molecular weight excluding hydrogens is 281 g/mol. The van der Waals surface area contributed by atoms with E-state index in [1.54, 1.807) is 23.9 Å². The van der Waals surface area contributed by atoms with E-state index in [4.69, 9.17) is 16.3 Å². The number of nitrogens with zero attached hydrogens (tertiary/aromatic N) is 2. The van der Waals surface area contributed by atoms with Gasteiger partial charge in [0.1, 0.15) is 5.82 Å². The van der Waals surface area contributed by atoms with E-state index >= 15 is 0 Å². The molecule has 6 heteroatoms. The summed E-state index contributed by atoms with van der Waals surface area (Å²) in [7, 11) is 1.67. The third-order valence-corrected chi connectivity index (χ3v) is 3.12. The van der Waals surface area contributed by atoms with E-state index in [1.165, 1.54) is 6.07 Å². The molecule has 0 atom stereocenters. The van der Waals surface area contributed by atoms with Crippen molar-refractivity contribution in [1.82, 2.24) is 15.1 Å². The van der Waals surface area contributed by atoms with Crippen LogP contribution in [0, 0.1) is 5.82 Å². The molecule has 4 nitrogen and oxygen atoms in total. The second-order valence-electron chi connectivity index (χ2n) is 4.42. The van der Waals surface area contributed by atoms with Crippen LogP contribution in [0.15, 0.2) is 30.5 Å². The van der Waals surface area contributed by atoms with Crippen molar-refractivity contribution in [2.24, 2.45) is 0 Å². The van der Waals surface area contributed by atoms with Gasteiger partial charge in [-0.1, -0.05) is 17.7 Å². The van der Waals surface area contributed by atoms with Gasteiger partial charge in [0.15, 0.2) is 0 Å². The Labute approximate surface area is 122 Å². The SMILES string of the molecule is COCCNCc1ccn(Cc2ccc(Cl)c(F)c2)n1. The fraction of sp³-hybridized carbons (Fsp3) is 0.357. The minimum absolute atomic E-state index is 0.136. The number of hydrogen-bond acceptors (Lipinski definition) is 3. The van der Waals surface area contributed by atoms with Crippen LogP contribution in [0.5, 0.6) is 0 Å². The number of benzene rings is 1. The molecule has 0 aliphatic rings. The van der Waals surface area contributed by atoms with Crippen LogP contribution in [-0.2, 0) is 17.8 Å². The van der Waals surface area contributed by atoms with Gasteiger partial charge in [-0.05, 0) is 23.8 Å². The molecule has 0 aliphatic carbocycles. The van der Waals surface area contributed by atoms with Crippen LogP contribution in [-0.4, -0.2) is 30.0 Å². The molecule has 0 fully saturated rings. The summed E-state index contributed by atoms with van der Waals surface area (Å²) in [6.07, 6.45) is 1.87. The maximum absolute atomic E-state index is 13.3. The lowest BCUT2D eigenvalue weighted by Crippen LogP contribution is -2.19. The molecule has 20 heavy (non-hydrogen) atoms. The summed E-state index contributed by atoms with van der Waals surface area (Å²) >= 11 is 5.65. The normalized spacial score (nSPS) is 10.9. The first kappa shape index (κ1) is 15.0. The molecule has 0 saturated heterocycles. The van der Waals surface area contributed by atoms with Gasteiger partial charge in [-0.2, -0.15) is 5.10 Å². The van der Waals surface area contributed by atoms with Gasteiger partial charge in [-0.15, -0.1) is 0 Å². The topological polar surface area (TPSA) is 39.1 Å². The van der Waals surface area contributed by atoms with Crippen LogP contribution in [0.1, 0.15) is 11.3 Å². The molecule has 1 aromatic heterocycles. The molecule has 108 valence electrons. The number of methoxy groups -OCH3 is 1. The second kappa shape index (κ2) is 7.38. The van der Waals surface area contributed by atoms with Crippen LogP contribution < -0.4 is 5.32 Å². The molecule has 0 spiro atoms. The Morgan fingerprint density at radius 2 is 2.25 bits per heavy atom. The molecule has 1 aromatic carbocycles. The minimum atomic E-state index is -0.405. The van der Waals surface area contributed by atoms with Gasteiger partial charge in [-0.3, -0.25) is 4.68 Å². The van der Waals surface area contributed by atoms with Gasteiger partial charge < -0.3 is 10.1 Å². The largest absolute Gasteiger partial charge is 0.383 e. The molecule has 0 unspecified atom stereocenters. The Bertz CT molecular complexity index is 559. The Morgan fingerprint density at radius 3 is 3.00 bits per heavy atom. The van der Waals surface area contributed by atoms with Crippen molar-refractivity contribution in [2.75, 3.05) is 20.3 Å². The van der Waals surface area contributed by atoms with Gasteiger partial charge in [0.25, 0.3) is 0 Å². The van der Waals surface area contributed by atoms with Gasteiger partial charge in [0.2, 0.25) is 0 Å². The van der Waals surface area contributed by atoms with Crippen molar-refractivity contribution in [3.8, 4) is 0 Å². The van der Waals surface area contributed by atoms with E-state index in [-0.39, 0.29) is 5.02 Å². The average Bonchev–Trinajstić information content (AvgIpc) is 2.87. The number of rotatable bonds is 7. The molecule has 0 bridgehead atoms. The van der Waals surface area contributed by atoms with Gasteiger partial charge in [0, 0.05) is 26.4 Å². The van der Waals surface area contributed by atoms with E-state index in [0.29, 0.717) is 19.7 Å². The molecule has 0 radical (unpaired) electrons. The first-order valence-electron chi connectivity index (χ1n) is 6.35. The van der Waals surface area contributed by atoms with E-state index in [2.05, 4.69) is 10.4 Å². The van der Waals surface area contributed by atoms with Crippen LogP contribution in [0.25, 0.3) is 0 Å². The Balaban J connectivity index is 1.90. The fourth-order valence-electron chi connectivity index (χ4n) is 1.80. The average molecular weight is 298 g/mol. The maximum atomic E-state index is 13.3. The van der Waals surface area contributed by atoms with Crippen molar-refractivity contribution in [3.63, 3.8) is 0 Å². The van der Waals surface area contributed by atoms with E-state index in [1.807, 2.05) is 12.3 Å². The Morgan fingerprint density at radius 1 is 1.40 bits per heavy atom. The number of nitrogens with one attached hydrogen (secondary N) is 1. The zero-order valence-corrected chi connectivity index (χ0v) is 12.0. The molecular formula is C14H17ClFN3O. The van der Waals surface area contributed by atoms with E-state index in [9.17, 15) is 4.39 Å². The third-order valence-electron chi connectivity index (χ3n) is 2.81. The summed E-state index contributed by atoms with van der Waals surface area (Å²) in [6.45, 7) is 2.66. The van der Waals surface area contributed by atoms with Crippen LogP contribution >= 0.6 is 11.6 Å². The monoisotopic (exact) mass is 297 g/mol. The minimum Gasteiger partial charge on any atom is -0.383 e. The molecule has 0 amide bonds. The van der Waals surface area contributed by atoms with Crippen LogP contribution in [0.2, 0.25) is 5.02 Å². The molecule has 2 rings (SSSR count). The summed E-state index contributed by atoms with van der Waals surface area (Å²) in [4.78, 5) is 0. The molecule has 0 aliphatic heterocycles. The first-order valence-corrected chi connectivity index (χ1v) is 6.73. The molecule has 1 N–H and O–H groups in total. The lowest BCUT2D eigenvalue weighted by atomic mass is 10.2. The maximum Gasteiger partial charge on any atom is 0.142 e. The van der Waals surface area contributed by atoms with Crippen LogP contribution in [0.3, 0.4) is 0 Å². The highest BCUT2D eigenvalue weighted by Crippen LogP contribution is 2.16. The Kier molecular flexibility index (Phi) is 5.52. The highest BCUT2D eigenvalue weighted by atomic mass is 35.5. The standard InChI is InChI=1S/C14H17ClFN3O/c1-20-7-5-17-9-12-4-6-19(18-12)10-11-2-3-13(15)14(16)8-11/h2-4,6,8,17H,5,7,9-10H2,1H3. The number of aromatic nitrogens is 2.